The molecule has 0 heterocycles. The van der Waals surface area contributed by atoms with Gasteiger partial charge in [-0.15, -0.1) is 0 Å². The van der Waals surface area contributed by atoms with Crippen molar-refractivity contribution < 1.29 is 49.1 Å². The van der Waals surface area contributed by atoms with Gasteiger partial charge in [-0.2, -0.15) is 0 Å². The van der Waals surface area contributed by atoms with E-state index in [1.54, 1.807) is 50.2 Å². The van der Waals surface area contributed by atoms with Crippen molar-refractivity contribution >= 4 is 241 Å². The summed E-state index contributed by atoms with van der Waals surface area (Å²) >= 11 is 0. The molecule has 2 aromatic rings. The summed E-state index contributed by atoms with van der Waals surface area (Å²) in [6, 6.07) is 9.84. The fourth-order valence-corrected chi connectivity index (χ4v) is 3.41. The number of nitrogens with zero attached hydrogens (tertiary/aromatic N) is 2. The van der Waals surface area contributed by atoms with Gasteiger partial charge in [0.15, 0.2) is 0 Å². The molecule has 0 amide bonds. The minimum Gasteiger partial charge on any atom is -0.488 e. The van der Waals surface area contributed by atoms with Gasteiger partial charge in [0.05, 0.1) is 11.4 Å². The molecule has 0 aliphatic heterocycles. The first-order valence-corrected chi connectivity index (χ1v) is 10.8. The van der Waals surface area contributed by atoms with E-state index in [1.165, 1.54) is 0 Å². The molecular formula is C24H28K4N2O10. The second-order valence-corrected chi connectivity index (χ2v) is 7.93. The Labute approximate surface area is 402 Å². The number of hydrogen-bond acceptors (Lipinski definition) is 8. The van der Waals surface area contributed by atoms with Crippen molar-refractivity contribution in [2.45, 2.75) is 13.8 Å². The first-order chi connectivity index (χ1) is 17.0. The van der Waals surface area contributed by atoms with E-state index < -0.39 is 50.1 Å². The first-order valence-electron chi connectivity index (χ1n) is 10.8. The topological polar surface area (TPSA) is 174 Å². The van der Waals surface area contributed by atoms with Gasteiger partial charge in [0.2, 0.25) is 0 Å². The number of rotatable bonds is 15. The molecule has 4 radical (unpaired) electrons. The second kappa shape index (κ2) is 24.3. The zero-order valence-electron chi connectivity index (χ0n) is 23.8. The van der Waals surface area contributed by atoms with E-state index in [2.05, 4.69) is 0 Å². The van der Waals surface area contributed by atoms with Crippen molar-refractivity contribution in [3.05, 3.63) is 47.5 Å². The minimum absolute atomic E-state index is 0. The van der Waals surface area contributed by atoms with Crippen LogP contribution in [0.5, 0.6) is 11.5 Å². The number of ether oxygens (including phenoxy) is 2. The Morgan fingerprint density at radius 1 is 0.575 bits per heavy atom. The molecule has 12 nitrogen and oxygen atoms in total. The van der Waals surface area contributed by atoms with Crippen LogP contribution in [0.4, 0.5) is 11.4 Å². The van der Waals surface area contributed by atoms with Crippen molar-refractivity contribution in [1.82, 2.24) is 0 Å². The van der Waals surface area contributed by atoms with Crippen molar-refractivity contribution in [1.29, 1.82) is 0 Å². The molecule has 0 aliphatic carbocycles. The van der Waals surface area contributed by atoms with E-state index >= 15 is 0 Å². The maximum absolute atomic E-state index is 11.2. The van der Waals surface area contributed by atoms with E-state index in [0.29, 0.717) is 0 Å². The number of carboxylic acids is 4. The number of aryl methyl sites for hydroxylation is 2. The van der Waals surface area contributed by atoms with Gasteiger partial charge in [-0.05, 0) is 49.2 Å². The fourth-order valence-electron chi connectivity index (χ4n) is 3.41. The van der Waals surface area contributed by atoms with Crippen LogP contribution in [0.15, 0.2) is 36.4 Å². The van der Waals surface area contributed by atoms with Crippen LogP contribution in [-0.2, 0) is 19.2 Å². The van der Waals surface area contributed by atoms with Crippen LogP contribution >= 0.6 is 0 Å². The monoisotopic (exact) mass is 660 g/mol. The molecule has 4 N–H and O–H groups in total. The third-order valence-corrected chi connectivity index (χ3v) is 4.81. The quantitative estimate of drug-likeness (QED) is 0.151. The predicted molar refractivity (Wildman–Crippen MR) is 151 cm³/mol. The minimum atomic E-state index is -1.20. The van der Waals surface area contributed by atoms with Gasteiger partial charge in [-0.1, -0.05) is 12.1 Å². The van der Waals surface area contributed by atoms with Crippen molar-refractivity contribution in [2.24, 2.45) is 0 Å². The molecule has 0 aliphatic rings. The number of aliphatic carboxylic acids is 4. The zero-order valence-corrected chi connectivity index (χ0v) is 36.3. The van der Waals surface area contributed by atoms with Gasteiger partial charge < -0.3 is 39.7 Å². The summed E-state index contributed by atoms with van der Waals surface area (Å²) < 4.78 is 11.6. The van der Waals surface area contributed by atoms with Gasteiger partial charge in [0, 0.05) is 206 Å². The number of carboxylic acid groups (broad SMARTS) is 4. The van der Waals surface area contributed by atoms with Gasteiger partial charge in [-0.3, -0.25) is 19.2 Å². The van der Waals surface area contributed by atoms with Crippen LogP contribution in [0.25, 0.3) is 0 Å². The number of hydrogen-bond donors (Lipinski definition) is 4. The Balaban J connectivity index is -0.00000342. The average molecular weight is 661 g/mol. The molecule has 0 aromatic heterocycles. The van der Waals surface area contributed by atoms with Gasteiger partial charge in [0.1, 0.15) is 50.9 Å². The summed E-state index contributed by atoms with van der Waals surface area (Å²) in [5.41, 5.74) is 2.19. The smallest absolute Gasteiger partial charge is 0.323 e. The Bertz CT molecular complexity index is 1020. The van der Waals surface area contributed by atoms with E-state index in [1.807, 2.05) is 0 Å². The molecule has 2 rings (SSSR count). The molecule has 0 unspecified atom stereocenters. The Hall–Kier alpha value is 2.07. The molecule has 0 fully saturated rings. The summed E-state index contributed by atoms with van der Waals surface area (Å²) in [4.78, 5) is 47.3. The van der Waals surface area contributed by atoms with Gasteiger partial charge in [-0.25, -0.2) is 0 Å². The molecule has 2 aromatic carbocycles. The van der Waals surface area contributed by atoms with E-state index in [4.69, 9.17) is 9.47 Å². The summed E-state index contributed by atoms with van der Waals surface area (Å²) in [6.07, 6.45) is 0. The average Bonchev–Trinajstić information content (AvgIpc) is 2.74. The maximum atomic E-state index is 11.2. The molecule has 0 bridgehead atoms. The summed E-state index contributed by atoms with van der Waals surface area (Å²) in [7, 11) is 0. The molecule has 40 heavy (non-hydrogen) atoms. The normalized spacial score (nSPS) is 9.35. The molecule has 0 saturated carbocycles. The van der Waals surface area contributed by atoms with Crippen LogP contribution < -0.4 is 19.3 Å². The zero-order chi connectivity index (χ0) is 26.8. The molecule has 198 valence electrons. The summed E-state index contributed by atoms with van der Waals surface area (Å²) in [5.74, 6) is -4.28. The van der Waals surface area contributed by atoms with E-state index in [0.717, 1.165) is 20.9 Å². The molecule has 0 saturated heterocycles. The van der Waals surface area contributed by atoms with E-state index in [-0.39, 0.29) is 242 Å². The largest absolute Gasteiger partial charge is 0.488 e. The first kappa shape index (κ1) is 46.5. The summed E-state index contributed by atoms with van der Waals surface area (Å²) in [5, 5.41) is 36.7. The molecule has 0 spiro atoms. The molecule has 16 heteroatoms. The van der Waals surface area contributed by atoms with Crippen molar-refractivity contribution in [3.63, 3.8) is 0 Å². The maximum Gasteiger partial charge on any atom is 0.323 e. The predicted octanol–water partition coefficient (Wildman–Crippen LogP) is 0.189. The molecular weight excluding hydrogens is 633 g/mol. The fraction of sp³-hybridized carbons (Fsp3) is 0.333. The van der Waals surface area contributed by atoms with Crippen LogP contribution in [0.2, 0.25) is 0 Å². The Morgan fingerprint density at radius 2 is 0.850 bits per heavy atom. The van der Waals surface area contributed by atoms with E-state index in [9.17, 15) is 39.6 Å². The second-order valence-electron chi connectivity index (χ2n) is 7.93. The van der Waals surface area contributed by atoms with Crippen LogP contribution in [0.1, 0.15) is 11.1 Å². The van der Waals surface area contributed by atoms with Crippen LogP contribution in [0, 0.1) is 13.8 Å². The van der Waals surface area contributed by atoms with Gasteiger partial charge >= 0.3 is 23.9 Å². The standard InChI is InChI=1S/C24H28N2O10.4K/c1-15-3-5-17(25(11-21(27)28)12-22(29)30)19(9-15)35-7-8-36-20-10-16(2)4-6-18(20)26(13-23(31)32)14-24(33)34;;;;/h3-6,9-10H,7-8,11-14H2,1-2H3,(H,27,28)(H,29,30)(H,31,32)(H,33,34);;;;. The number of carbonyl (C=O) groups is 4. The van der Waals surface area contributed by atoms with Crippen molar-refractivity contribution in [2.75, 3.05) is 49.2 Å². The number of anilines is 2. The third kappa shape index (κ3) is 17.5. The van der Waals surface area contributed by atoms with Gasteiger partial charge in [0.25, 0.3) is 0 Å². The van der Waals surface area contributed by atoms with Crippen LogP contribution in [0.3, 0.4) is 0 Å². The molecule has 0 atom stereocenters. The number of benzene rings is 2. The SMILES string of the molecule is Cc1ccc(N(CC(=O)O)CC(=O)O)c(OCCOc2cc(C)ccc2N(CC(=O)O)CC(=O)O)c1.[K].[K].[K].[K]. The van der Waals surface area contributed by atoms with Crippen LogP contribution in [-0.4, -0.2) is 289 Å². The third-order valence-electron chi connectivity index (χ3n) is 4.81. The Morgan fingerprint density at radius 3 is 1.10 bits per heavy atom. The summed E-state index contributed by atoms with van der Waals surface area (Å²) in [6.45, 7) is 1.38. The van der Waals surface area contributed by atoms with Crippen molar-refractivity contribution in [3.8, 4) is 11.5 Å². The Kier molecular flexibility index (Phi) is 28.3.